The molecule has 1 atom stereocenters. The van der Waals surface area contributed by atoms with Gasteiger partial charge in [0, 0.05) is 31.4 Å². The van der Waals surface area contributed by atoms with Crippen LogP contribution in [-0.4, -0.2) is 42.8 Å². The molecule has 1 saturated heterocycles. The molecule has 2 rings (SSSR count). The van der Waals surface area contributed by atoms with Gasteiger partial charge in [-0.05, 0) is 32.9 Å². The molecule has 0 aromatic heterocycles. The maximum absolute atomic E-state index is 5.89. The zero-order valence-electron chi connectivity index (χ0n) is 12.1. The summed E-state index contributed by atoms with van der Waals surface area (Å²) in [6.07, 6.45) is 0.274. The fraction of sp³-hybridized carbons (Fsp3) is 0.600. The third kappa shape index (κ3) is 4.40. The molecule has 1 aromatic rings. The molecule has 0 amide bonds. The van der Waals surface area contributed by atoms with Gasteiger partial charge in [-0.2, -0.15) is 0 Å². The van der Waals surface area contributed by atoms with Crippen molar-refractivity contribution >= 4 is 5.69 Å². The van der Waals surface area contributed by atoms with E-state index in [4.69, 9.17) is 15.2 Å². The van der Waals surface area contributed by atoms with Gasteiger partial charge in [-0.25, -0.2) is 0 Å². The molecule has 4 heteroatoms. The van der Waals surface area contributed by atoms with Crippen molar-refractivity contribution < 1.29 is 9.47 Å². The summed E-state index contributed by atoms with van der Waals surface area (Å²) in [4.78, 5) is 2.39. The Morgan fingerprint density at radius 2 is 2.26 bits per heavy atom. The molecule has 0 saturated carbocycles. The van der Waals surface area contributed by atoms with Crippen LogP contribution in [0, 0.1) is 0 Å². The number of rotatable bonds is 4. The van der Waals surface area contributed by atoms with Crippen LogP contribution in [0.1, 0.15) is 20.8 Å². The summed E-state index contributed by atoms with van der Waals surface area (Å²) >= 11 is 0. The van der Waals surface area contributed by atoms with E-state index in [-0.39, 0.29) is 11.7 Å². The van der Waals surface area contributed by atoms with Crippen molar-refractivity contribution in [3.05, 3.63) is 24.3 Å². The lowest BCUT2D eigenvalue weighted by molar-refractivity contribution is -0.129. The highest BCUT2D eigenvalue weighted by atomic mass is 16.5. The second-order valence-corrected chi connectivity index (χ2v) is 5.84. The molecule has 0 bridgehead atoms. The monoisotopic (exact) mass is 264 g/mol. The van der Waals surface area contributed by atoms with Gasteiger partial charge in [0.15, 0.2) is 0 Å². The molecule has 1 aromatic carbocycles. The Morgan fingerprint density at radius 3 is 2.95 bits per heavy atom. The van der Waals surface area contributed by atoms with Crippen LogP contribution in [0.2, 0.25) is 0 Å². The second-order valence-electron chi connectivity index (χ2n) is 5.84. The van der Waals surface area contributed by atoms with Crippen molar-refractivity contribution in [2.45, 2.75) is 32.5 Å². The quantitative estimate of drug-likeness (QED) is 0.847. The zero-order valence-corrected chi connectivity index (χ0v) is 12.1. The number of nitrogens with zero attached hydrogens (tertiary/aromatic N) is 1. The van der Waals surface area contributed by atoms with Gasteiger partial charge in [0.05, 0.1) is 11.7 Å². The van der Waals surface area contributed by atoms with Crippen LogP contribution < -0.4 is 10.5 Å². The van der Waals surface area contributed by atoms with Crippen molar-refractivity contribution in [2.75, 3.05) is 32.0 Å². The van der Waals surface area contributed by atoms with Crippen molar-refractivity contribution in [1.29, 1.82) is 0 Å². The van der Waals surface area contributed by atoms with E-state index in [0.29, 0.717) is 6.61 Å². The van der Waals surface area contributed by atoms with Crippen LogP contribution in [0.3, 0.4) is 0 Å². The number of benzene rings is 1. The number of nitrogen functional groups attached to an aromatic ring is 1. The molecule has 1 heterocycles. The number of hydrogen-bond acceptors (Lipinski definition) is 4. The second kappa shape index (κ2) is 5.80. The molecule has 4 nitrogen and oxygen atoms in total. The summed E-state index contributed by atoms with van der Waals surface area (Å²) in [6, 6.07) is 7.55. The lowest BCUT2D eigenvalue weighted by Gasteiger charge is -2.41. The van der Waals surface area contributed by atoms with E-state index >= 15 is 0 Å². The Kier molecular flexibility index (Phi) is 4.32. The average Bonchev–Trinajstić information content (AvgIpc) is 2.26. The highest BCUT2D eigenvalue weighted by Gasteiger charge is 2.30. The lowest BCUT2D eigenvalue weighted by Crippen LogP contribution is -2.52. The van der Waals surface area contributed by atoms with Gasteiger partial charge in [-0.1, -0.05) is 6.07 Å². The first-order valence-corrected chi connectivity index (χ1v) is 6.83. The summed E-state index contributed by atoms with van der Waals surface area (Å²) in [5.41, 5.74) is 6.38. The van der Waals surface area contributed by atoms with Gasteiger partial charge < -0.3 is 15.2 Å². The summed E-state index contributed by atoms with van der Waals surface area (Å²) in [5, 5.41) is 0. The van der Waals surface area contributed by atoms with E-state index in [9.17, 15) is 0 Å². The predicted molar refractivity (Wildman–Crippen MR) is 77.4 cm³/mol. The van der Waals surface area contributed by atoms with Crippen molar-refractivity contribution in [3.63, 3.8) is 0 Å². The number of ether oxygens (including phenoxy) is 2. The normalized spacial score (nSPS) is 23.2. The number of hydrogen-bond donors (Lipinski definition) is 1. The molecule has 2 N–H and O–H groups in total. The summed E-state index contributed by atoms with van der Waals surface area (Å²) in [6.45, 7) is 9.87. The third-order valence-electron chi connectivity index (χ3n) is 3.17. The number of anilines is 1. The SMILES string of the molecule is CC1CN(CCOc2cccc(N)c2)CC(C)(C)O1. The maximum Gasteiger partial charge on any atom is 0.121 e. The highest BCUT2D eigenvalue weighted by molar-refractivity contribution is 5.43. The van der Waals surface area contributed by atoms with Gasteiger partial charge in [0.25, 0.3) is 0 Å². The number of nitrogens with two attached hydrogens (primary N) is 1. The molecule has 0 radical (unpaired) electrons. The van der Waals surface area contributed by atoms with Crippen molar-refractivity contribution in [2.24, 2.45) is 0 Å². The minimum atomic E-state index is -0.0746. The van der Waals surface area contributed by atoms with Gasteiger partial charge in [0.1, 0.15) is 12.4 Å². The standard InChI is InChI=1S/C15H24N2O2/c1-12-10-17(11-15(2,3)19-12)7-8-18-14-6-4-5-13(16)9-14/h4-6,9,12H,7-8,10-11,16H2,1-3H3. The molecule has 0 aliphatic carbocycles. The molecule has 0 spiro atoms. The Balaban J connectivity index is 1.79. The molecule has 1 aliphatic rings. The smallest absolute Gasteiger partial charge is 0.121 e. The van der Waals surface area contributed by atoms with Crippen LogP contribution >= 0.6 is 0 Å². The van der Waals surface area contributed by atoms with Crippen LogP contribution in [0.4, 0.5) is 5.69 Å². The van der Waals surface area contributed by atoms with Crippen molar-refractivity contribution in [1.82, 2.24) is 4.90 Å². The van der Waals surface area contributed by atoms with Gasteiger partial charge in [-0.15, -0.1) is 0 Å². The first-order chi connectivity index (χ1) is 8.94. The lowest BCUT2D eigenvalue weighted by atomic mass is 10.1. The van der Waals surface area contributed by atoms with Crippen LogP contribution in [-0.2, 0) is 4.74 Å². The molecule has 106 valence electrons. The molecular weight excluding hydrogens is 240 g/mol. The van der Waals surface area contributed by atoms with E-state index in [1.165, 1.54) is 0 Å². The van der Waals surface area contributed by atoms with E-state index < -0.39 is 0 Å². The fourth-order valence-corrected chi connectivity index (χ4v) is 2.65. The topological polar surface area (TPSA) is 47.7 Å². The van der Waals surface area contributed by atoms with Gasteiger partial charge in [-0.3, -0.25) is 4.90 Å². The molecule has 1 fully saturated rings. The van der Waals surface area contributed by atoms with Gasteiger partial charge in [0.2, 0.25) is 0 Å². The molecule has 1 unspecified atom stereocenters. The van der Waals surface area contributed by atoms with Gasteiger partial charge >= 0.3 is 0 Å². The summed E-state index contributed by atoms with van der Waals surface area (Å²) in [5.74, 6) is 0.834. The Bertz CT molecular complexity index is 420. The molecule has 19 heavy (non-hydrogen) atoms. The first kappa shape index (κ1) is 14.2. The van der Waals surface area contributed by atoms with E-state index in [1.807, 2.05) is 24.3 Å². The fourth-order valence-electron chi connectivity index (χ4n) is 2.65. The first-order valence-electron chi connectivity index (χ1n) is 6.83. The van der Waals surface area contributed by atoms with Crippen molar-refractivity contribution in [3.8, 4) is 5.75 Å². The Labute approximate surface area is 115 Å². The van der Waals surface area contributed by atoms with Crippen LogP contribution in [0.15, 0.2) is 24.3 Å². The third-order valence-corrected chi connectivity index (χ3v) is 3.17. The number of morpholine rings is 1. The predicted octanol–water partition coefficient (Wildman–Crippen LogP) is 2.15. The Hall–Kier alpha value is -1.26. The Morgan fingerprint density at radius 1 is 1.47 bits per heavy atom. The van der Waals surface area contributed by atoms with E-state index in [2.05, 4.69) is 25.7 Å². The summed E-state index contributed by atoms with van der Waals surface area (Å²) in [7, 11) is 0. The zero-order chi connectivity index (χ0) is 13.9. The highest BCUT2D eigenvalue weighted by Crippen LogP contribution is 2.20. The van der Waals surface area contributed by atoms with E-state index in [0.717, 1.165) is 31.1 Å². The maximum atomic E-state index is 5.89. The van der Waals surface area contributed by atoms with Crippen LogP contribution in [0.5, 0.6) is 5.75 Å². The summed E-state index contributed by atoms with van der Waals surface area (Å²) < 4.78 is 11.6. The molecule has 1 aliphatic heterocycles. The average molecular weight is 264 g/mol. The molecular formula is C15H24N2O2. The largest absolute Gasteiger partial charge is 0.492 e. The minimum absolute atomic E-state index is 0.0746. The van der Waals surface area contributed by atoms with Crippen LogP contribution in [0.25, 0.3) is 0 Å². The van der Waals surface area contributed by atoms with E-state index in [1.54, 1.807) is 0 Å². The minimum Gasteiger partial charge on any atom is -0.492 e.